The fourth-order valence-electron chi connectivity index (χ4n) is 2.15. The summed E-state index contributed by atoms with van der Waals surface area (Å²) in [5, 5.41) is 6.35. The van der Waals surface area contributed by atoms with Crippen molar-refractivity contribution in [2.45, 2.75) is 25.3 Å². The highest BCUT2D eigenvalue weighted by Crippen LogP contribution is 2.25. The Balaban J connectivity index is 1.56. The summed E-state index contributed by atoms with van der Waals surface area (Å²) in [6.45, 7) is 0. The largest absolute Gasteiger partial charge is 0.382 e. The van der Waals surface area contributed by atoms with Crippen molar-refractivity contribution in [2.75, 3.05) is 10.6 Å². The maximum absolute atomic E-state index is 12.0. The fraction of sp³-hybridized carbons (Fsp3) is 0.235. The zero-order valence-electron chi connectivity index (χ0n) is 11.6. The quantitative estimate of drug-likeness (QED) is 0.853. The van der Waals surface area contributed by atoms with Gasteiger partial charge in [-0.3, -0.25) is 4.79 Å². The molecule has 0 unspecified atom stereocenters. The first-order chi connectivity index (χ1) is 10.2. The Morgan fingerprint density at radius 3 is 2.48 bits per heavy atom. The van der Waals surface area contributed by atoms with Crippen LogP contribution in [0.1, 0.15) is 18.4 Å². The van der Waals surface area contributed by atoms with E-state index in [1.54, 1.807) is 0 Å². The summed E-state index contributed by atoms with van der Waals surface area (Å²) in [4.78, 5) is 12.0. The normalized spacial score (nSPS) is 13.8. The predicted molar refractivity (Wildman–Crippen MR) is 89.6 cm³/mol. The average molecular weight is 345 g/mol. The Kier molecular flexibility index (Phi) is 4.25. The molecule has 2 aromatic carbocycles. The number of carbonyl (C=O) groups excluding carboxylic acids is 1. The number of rotatable bonds is 5. The van der Waals surface area contributed by atoms with Crippen LogP contribution < -0.4 is 10.6 Å². The topological polar surface area (TPSA) is 41.1 Å². The minimum atomic E-state index is -0.00370. The number of halogens is 1. The molecule has 3 rings (SSSR count). The van der Waals surface area contributed by atoms with Crippen molar-refractivity contribution in [1.82, 2.24) is 0 Å². The van der Waals surface area contributed by atoms with Crippen LogP contribution in [0.25, 0.3) is 0 Å². The maximum atomic E-state index is 12.0. The summed E-state index contributed by atoms with van der Waals surface area (Å²) in [5.41, 5.74) is 2.94. The maximum Gasteiger partial charge on any atom is 0.228 e. The molecule has 1 amide bonds. The molecule has 0 bridgehead atoms. The minimum Gasteiger partial charge on any atom is -0.382 e. The number of carbonyl (C=O) groups is 1. The molecular weight excluding hydrogens is 328 g/mol. The van der Waals surface area contributed by atoms with Gasteiger partial charge in [-0.2, -0.15) is 0 Å². The lowest BCUT2D eigenvalue weighted by molar-refractivity contribution is -0.115. The Hall–Kier alpha value is -1.81. The molecule has 1 aliphatic rings. The first-order valence-corrected chi connectivity index (χ1v) is 7.89. The minimum absolute atomic E-state index is 0.00370. The van der Waals surface area contributed by atoms with Crippen molar-refractivity contribution in [3.05, 3.63) is 58.6 Å². The highest BCUT2D eigenvalue weighted by Gasteiger charge is 2.20. The van der Waals surface area contributed by atoms with Crippen molar-refractivity contribution in [3.8, 4) is 0 Å². The molecule has 108 valence electrons. The van der Waals surface area contributed by atoms with Crippen LogP contribution in [0.3, 0.4) is 0 Å². The van der Waals surface area contributed by atoms with E-state index < -0.39 is 0 Å². The Morgan fingerprint density at radius 2 is 1.81 bits per heavy atom. The summed E-state index contributed by atoms with van der Waals surface area (Å²) >= 11 is 3.41. The lowest BCUT2D eigenvalue weighted by atomic mass is 10.1. The molecular formula is C17H17BrN2O. The molecule has 1 saturated carbocycles. The monoisotopic (exact) mass is 344 g/mol. The molecule has 0 saturated heterocycles. The number of amides is 1. The van der Waals surface area contributed by atoms with Crippen molar-refractivity contribution in [3.63, 3.8) is 0 Å². The third-order valence-electron chi connectivity index (χ3n) is 3.37. The lowest BCUT2D eigenvalue weighted by Gasteiger charge is -2.08. The highest BCUT2D eigenvalue weighted by molar-refractivity contribution is 9.10. The summed E-state index contributed by atoms with van der Waals surface area (Å²) in [7, 11) is 0. The van der Waals surface area contributed by atoms with Gasteiger partial charge in [0.15, 0.2) is 0 Å². The summed E-state index contributed by atoms with van der Waals surface area (Å²) in [6.07, 6.45) is 2.89. The molecule has 3 nitrogen and oxygen atoms in total. The van der Waals surface area contributed by atoms with Gasteiger partial charge in [0, 0.05) is 21.9 Å². The average Bonchev–Trinajstić information content (AvgIpc) is 3.25. The highest BCUT2D eigenvalue weighted by atomic mass is 79.9. The van der Waals surface area contributed by atoms with E-state index >= 15 is 0 Å². The SMILES string of the molecule is O=C(Cc1cccc(Br)c1)Nc1ccc(NC2CC2)cc1. The van der Waals surface area contributed by atoms with Crippen LogP contribution in [0.4, 0.5) is 11.4 Å². The van der Waals surface area contributed by atoms with Gasteiger partial charge >= 0.3 is 0 Å². The van der Waals surface area contributed by atoms with Gasteiger partial charge in [-0.05, 0) is 54.8 Å². The Labute approximate surface area is 132 Å². The van der Waals surface area contributed by atoms with Crippen LogP contribution in [0.15, 0.2) is 53.0 Å². The predicted octanol–water partition coefficient (Wildman–Crippen LogP) is 4.20. The van der Waals surface area contributed by atoms with E-state index in [1.807, 2.05) is 48.5 Å². The van der Waals surface area contributed by atoms with Crippen molar-refractivity contribution in [2.24, 2.45) is 0 Å². The molecule has 4 heteroatoms. The van der Waals surface area contributed by atoms with E-state index in [2.05, 4.69) is 26.6 Å². The van der Waals surface area contributed by atoms with E-state index in [1.165, 1.54) is 12.8 Å². The number of benzene rings is 2. The molecule has 0 atom stereocenters. The Morgan fingerprint density at radius 1 is 1.10 bits per heavy atom. The van der Waals surface area contributed by atoms with Gasteiger partial charge in [0.1, 0.15) is 0 Å². The molecule has 0 radical (unpaired) electrons. The van der Waals surface area contributed by atoms with Gasteiger partial charge in [-0.15, -0.1) is 0 Å². The van der Waals surface area contributed by atoms with Crippen molar-refractivity contribution in [1.29, 1.82) is 0 Å². The molecule has 21 heavy (non-hydrogen) atoms. The fourth-order valence-corrected chi connectivity index (χ4v) is 2.60. The molecule has 2 aromatic rings. The van der Waals surface area contributed by atoms with Gasteiger partial charge < -0.3 is 10.6 Å². The second-order valence-corrected chi connectivity index (χ2v) is 6.27. The molecule has 0 aromatic heterocycles. The Bertz CT molecular complexity index is 635. The van der Waals surface area contributed by atoms with Gasteiger partial charge in [0.25, 0.3) is 0 Å². The van der Waals surface area contributed by atoms with Gasteiger partial charge in [0.2, 0.25) is 5.91 Å². The standard InChI is InChI=1S/C17H17BrN2O/c18-13-3-1-2-12(10-13)11-17(21)20-16-8-6-15(7-9-16)19-14-4-5-14/h1-3,6-10,14,19H,4-5,11H2,(H,20,21). The third-order valence-corrected chi connectivity index (χ3v) is 3.86. The van der Waals surface area contributed by atoms with E-state index in [9.17, 15) is 4.79 Å². The second kappa shape index (κ2) is 6.31. The molecule has 1 fully saturated rings. The molecule has 1 aliphatic carbocycles. The molecule has 2 N–H and O–H groups in total. The van der Waals surface area contributed by atoms with Crippen LogP contribution in [0.2, 0.25) is 0 Å². The second-order valence-electron chi connectivity index (χ2n) is 5.35. The van der Waals surface area contributed by atoms with E-state index in [0.29, 0.717) is 12.5 Å². The lowest BCUT2D eigenvalue weighted by Crippen LogP contribution is -2.14. The number of nitrogens with one attached hydrogen (secondary N) is 2. The zero-order valence-corrected chi connectivity index (χ0v) is 13.2. The summed E-state index contributed by atoms with van der Waals surface area (Å²) in [6, 6.07) is 16.3. The van der Waals surface area contributed by atoms with Gasteiger partial charge in [-0.1, -0.05) is 28.1 Å². The van der Waals surface area contributed by atoms with Crippen LogP contribution in [0, 0.1) is 0 Å². The molecule has 0 spiro atoms. The van der Waals surface area contributed by atoms with Gasteiger partial charge in [0.05, 0.1) is 6.42 Å². The smallest absolute Gasteiger partial charge is 0.228 e. The number of anilines is 2. The summed E-state index contributed by atoms with van der Waals surface area (Å²) < 4.78 is 0.989. The van der Waals surface area contributed by atoms with Crippen LogP contribution in [0.5, 0.6) is 0 Å². The number of hydrogen-bond donors (Lipinski definition) is 2. The molecule has 0 heterocycles. The van der Waals surface area contributed by atoms with E-state index in [0.717, 1.165) is 21.4 Å². The van der Waals surface area contributed by atoms with Crippen LogP contribution in [-0.4, -0.2) is 11.9 Å². The molecule has 0 aliphatic heterocycles. The number of hydrogen-bond acceptors (Lipinski definition) is 2. The van der Waals surface area contributed by atoms with Gasteiger partial charge in [-0.25, -0.2) is 0 Å². The van der Waals surface area contributed by atoms with Crippen LogP contribution in [-0.2, 0) is 11.2 Å². The van der Waals surface area contributed by atoms with E-state index in [4.69, 9.17) is 0 Å². The summed E-state index contributed by atoms with van der Waals surface area (Å²) in [5.74, 6) is -0.00370. The van der Waals surface area contributed by atoms with Crippen molar-refractivity contribution < 1.29 is 4.79 Å². The van der Waals surface area contributed by atoms with Crippen molar-refractivity contribution >= 4 is 33.2 Å². The zero-order chi connectivity index (χ0) is 14.7. The first-order valence-electron chi connectivity index (χ1n) is 7.10. The van der Waals surface area contributed by atoms with Crippen LogP contribution >= 0.6 is 15.9 Å². The first kappa shape index (κ1) is 14.1. The third kappa shape index (κ3) is 4.33. The van der Waals surface area contributed by atoms with E-state index in [-0.39, 0.29) is 5.91 Å².